The van der Waals surface area contributed by atoms with Gasteiger partial charge >= 0.3 is 0 Å². The van der Waals surface area contributed by atoms with E-state index in [0.29, 0.717) is 18.3 Å². The summed E-state index contributed by atoms with van der Waals surface area (Å²) in [7, 11) is 0. The molecule has 0 aromatic heterocycles. The Balaban J connectivity index is 2.24. The van der Waals surface area contributed by atoms with Crippen molar-refractivity contribution in [3.63, 3.8) is 0 Å². The maximum Gasteiger partial charge on any atom is 0.220 e. The van der Waals surface area contributed by atoms with Crippen LogP contribution in [0.4, 0.5) is 0 Å². The van der Waals surface area contributed by atoms with Gasteiger partial charge in [-0.2, -0.15) is 0 Å². The van der Waals surface area contributed by atoms with Crippen LogP contribution in [0.5, 0.6) is 0 Å². The van der Waals surface area contributed by atoms with E-state index < -0.39 is 0 Å². The van der Waals surface area contributed by atoms with Gasteiger partial charge in [0.05, 0.1) is 6.10 Å². The maximum absolute atomic E-state index is 12.6. The number of carbonyl (C=O) groups excluding carboxylic acids is 1. The number of hydrogen-bond donors (Lipinski definition) is 1. The van der Waals surface area contributed by atoms with Crippen molar-refractivity contribution in [1.82, 2.24) is 5.32 Å². The highest BCUT2D eigenvalue weighted by Crippen LogP contribution is 2.42. The molecule has 1 aliphatic rings. The second kappa shape index (κ2) is 8.15. The lowest BCUT2D eigenvalue weighted by molar-refractivity contribution is -0.124. The third-order valence-corrected chi connectivity index (χ3v) is 5.12. The third-order valence-electron chi connectivity index (χ3n) is 5.12. The molecule has 1 aliphatic heterocycles. The van der Waals surface area contributed by atoms with E-state index in [2.05, 4.69) is 64.2 Å². The second-order valence-corrected chi connectivity index (χ2v) is 8.13. The predicted molar refractivity (Wildman–Crippen MR) is 99.1 cm³/mol. The normalized spacial score (nSPS) is 24.4. The number of amides is 1. The SMILES string of the molecule is Cc1ccc([C@@]2(CC(=O)NCC(C)C)CCO[C@@H](C(C)C)C2)cc1. The first-order valence-electron chi connectivity index (χ1n) is 9.28. The Morgan fingerprint density at radius 2 is 1.92 bits per heavy atom. The standard InChI is InChI=1S/C21H33NO2/c1-15(2)14-22-20(23)13-21(18-8-6-17(5)7-9-18)10-11-24-19(12-21)16(3)4/h6-9,15-16,19H,10-14H2,1-5H3,(H,22,23)/t19-,21+/m1/s1. The van der Waals surface area contributed by atoms with Crippen LogP contribution in [0.15, 0.2) is 24.3 Å². The van der Waals surface area contributed by atoms with Crippen molar-refractivity contribution >= 4 is 5.91 Å². The van der Waals surface area contributed by atoms with E-state index in [1.807, 2.05) is 0 Å². The molecule has 1 aromatic rings. The zero-order valence-electron chi connectivity index (χ0n) is 15.9. The zero-order chi connectivity index (χ0) is 17.7. The lowest BCUT2D eigenvalue weighted by Crippen LogP contribution is -2.44. The fourth-order valence-electron chi connectivity index (χ4n) is 3.50. The quantitative estimate of drug-likeness (QED) is 0.847. The summed E-state index contributed by atoms with van der Waals surface area (Å²) >= 11 is 0. The molecule has 0 saturated carbocycles. The molecule has 0 bridgehead atoms. The van der Waals surface area contributed by atoms with Crippen LogP contribution in [-0.4, -0.2) is 25.2 Å². The number of carbonyl (C=O) groups is 1. The summed E-state index contributed by atoms with van der Waals surface area (Å²) in [6, 6.07) is 8.72. The summed E-state index contributed by atoms with van der Waals surface area (Å²) in [5.74, 6) is 1.10. The van der Waals surface area contributed by atoms with Crippen molar-refractivity contribution < 1.29 is 9.53 Å². The lowest BCUT2D eigenvalue weighted by Gasteiger charge is -2.42. The molecule has 0 radical (unpaired) electrons. The van der Waals surface area contributed by atoms with E-state index in [4.69, 9.17) is 4.74 Å². The van der Waals surface area contributed by atoms with Gasteiger partial charge in [0.2, 0.25) is 5.91 Å². The second-order valence-electron chi connectivity index (χ2n) is 8.13. The van der Waals surface area contributed by atoms with Gasteiger partial charge in [0.25, 0.3) is 0 Å². The highest BCUT2D eigenvalue weighted by Gasteiger charge is 2.41. The molecule has 2 rings (SSSR count). The number of nitrogens with one attached hydrogen (secondary N) is 1. The average molecular weight is 332 g/mol. The van der Waals surface area contributed by atoms with E-state index in [1.54, 1.807) is 0 Å². The number of benzene rings is 1. The van der Waals surface area contributed by atoms with Crippen LogP contribution in [0.25, 0.3) is 0 Å². The first-order chi connectivity index (χ1) is 11.3. The molecule has 3 nitrogen and oxygen atoms in total. The van der Waals surface area contributed by atoms with E-state index in [0.717, 1.165) is 26.0 Å². The maximum atomic E-state index is 12.6. The lowest BCUT2D eigenvalue weighted by atomic mass is 9.68. The monoisotopic (exact) mass is 331 g/mol. The predicted octanol–water partition coefficient (Wildman–Crippen LogP) is 4.23. The summed E-state index contributed by atoms with van der Waals surface area (Å²) in [5, 5.41) is 3.10. The summed E-state index contributed by atoms with van der Waals surface area (Å²) < 4.78 is 5.99. The van der Waals surface area contributed by atoms with Crippen molar-refractivity contribution in [2.45, 2.75) is 65.4 Å². The molecule has 3 heteroatoms. The first kappa shape index (κ1) is 19.0. The summed E-state index contributed by atoms with van der Waals surface area (Å²) in [5.41, 5.74) is 2.43. The van der Waals surface area contributed by atoms with E-state index in [1.165, 1.54) is 11.1 Å². The smallest absolute Gasteiger partial charge is 0.220 e. The number of hydrogen-bond acceptors (Lipinski definition) is 2. The number of rotatable bonds is 6. The number of aryl methyl sites for hydroxylation is 1. The van der Waals surface area contributed by atoms with Crippen LogP contribution in [0.2, 0.25) is 0 Å². The molecule has 1 amide bonds. The topological polar surface area (TPSA) is 38.3 Å². The van der Waals surface area contributed by atoms with Gasteiger partial charge in [-0.15, -0.1) is 0 Å². The molecule has 1 fully saturated rings. The minimum absolute atomic E-state index is 0.109. The van der Waals surface area contributed by atoms with Crippen molar-refractivity contribution in [3.8, 4) is 0 Å². The molecular formula is C21H33NO2. The van der Waals surface area contributed by atoms with Crippen LogP contribution in [0, 0.1) is 18.8 Å². The van der Waals surface area contributed by atoms with Crippen LogP contribution < -0.4 is 5.32 Å². The Morgan fingerprint density at radius 1 is 1.25 bits per heavy atom. The van der Waals surface area contributed by atoms with E-state index in [-0.39, 0.29) is 17.4 Å². The van der Waals surface area contributed by atoms with Gasteiger partial charge in [0.1, 0.15) is 0 Å². The Morgan fingerprint density at radius 3 is 2.50 bits per heavy atom. The Kier molecular flexibility index (Phi) is 6.45. The van der Waals surface area contributed by atoms with Crippen LogP contribution >= 0.6 is 0 Å². The number of ether oxygens (including phenoxy) is 1. The zero-order valence-corrected chi connectivity index (χ0v) is 15.9. The van der Waals surface area contributed by atoms with Gasteiger partial charge in [-0.3, -0.25) is 4.79 Å². The molecular weight excluding hydrogens is 298 g/mol. The van der Waals surface area contributed by atoms with Gasteiger partial charge in [0.15, 0.2) is 0 Å². The molecule has 2 atom stereocenters. The van der Waals surface area contributed by atoms with E-state index in [9.17, 15) is 4.79 Å². The highest BCUT2D eigenvalue weighted by atomic mass is 16.5. The van der Waals surface area contributed by atoms with Crippen molar-refractivity contribution in [2.24, 2.45) is 11.8 Å². The van der Waals surface area contributed by atoms with Gasteiger partial charge in [0, 0.05) is 25.0 Å². The Hall–Kier alpha value is -1.35. The highest BCUT2D eigenvalue weighted by molar-refractivity contribution is 5.77. The molecule has 1 N–H and O–H groups in total. The fraction of sp³-hybridized carbons (Fsp3) is 0.667. The summed E-state index contributed by atoms with van der Waals surface area (Å²) in [6.07, 6.45) is 2.60. The molecule has 134 valence electrons. The van der Waals surface area contributed by atoms with Crippen molar-refractivity contribution in [3.05, 3.63) is 35.4 Å². The summed E-state index contributed by atoms with van der Waals surface area (Å²) in [6.45, 7) is 12.2. The van der Waals surface area contributed by atoms with Gasteiger partial charge in [-0.25, -0.2) is 0 Å². The van der Waals surface area contributed by atoms with Gasteiger partial charge < -0.3 is 10.1 Å². The molecule has 1 aromatic carbocycles. The van der Waals surface area contributed by atoms with Crippen molar-refractivity contribution in [1.29, 1.82) is 0 Å². The average Bonchev–Trinajstić information content (AvgIpc) is 2.53. The Bertz CT molecular complexity index is 535. The molecule has 0 aliphatic carbocycles. The summed E-state index contributed by atoms with van der Waals surface area (Å²) in [4.78, 5) is 12.6. The first-order valence-corrected chi connectivity index (χ1v) is 9.28. The molecule has 1 heterocycles. The van der Waals surface area contributed by atoms with Crippen LogP contribution in [-0.2, 0) is 14.9 Å². The van der Waals surface area contributed by atoms with Gasteiger partial charge in [-0.05, 0) is 37.2 Å². The largest absolute Gasteiger partial charge is 0.378 e. The minimum atomic E-state index is -0.109. The molecule has 0 unspecified atom stereocenters. The van der Waals surface area contributed by atoms with Crippen LogP contribution in [0.3, 0.4) is 0 Å². The van der Waals surface area contributed by atoms with Gasteiger partial charge in [-0.1, -0.05) is 57.5 Å². The van der Waals surface area contributed by atoms with Crippen molar-refractivity contribution in [2.75, 3.05) is 13.2 Å². The third kappa shape index (κ3) is 4.83. The fourth-order valence-corrected chi connectivity index (χ4v) is 3.50. The molecule has 1 saturated heterocycles. The minimum Gasteiger partial charge on any atom is -0.378 e. The molecule has 0 spiro atoms. The molecule has 24 heavy (non-hydrogen) atoms. The Labute approximate surface area is 147 Å². The van der Waals surface area contributed by atoms with Crippen LogP contribution in [0.1, 0.15) is 58.1 Å². The van der Waals surface area contributed by atoms with E-state index >= 15 is 0 Å².